The maximum Gasteiger partial charge on any atom is 0.0750 e. The van der Waals surface area contributed by atoms with Crippen molar-refractivity contribution in [1.29, 1.82) is 0 Å². The van der Waals surface area contributed by atoms with Crippen LogP contribution in [0.1, 0.15) is 0 Å². The summed E-state index contributed by atoms with van der Waals surface area (Å²) in [6, 6.07) is 0. The zero-order chi connectivity index (χ0) is 7.52. The Morgan fingerprint density at radius 2 is 2.08 bits per heavy atom. The summed E-state index contributed by atoms with van der Waals surface area (Å²) in [7, 11) is 0. The smallest absolute Gasteiger partial charge is 0.0750 e. The summed E-state index contributed by atoms with van der Waals surface area (Å²) in [5.74, 6) is 0. The Balaban J connectivity index is 0.000000720. The first-order valence-corrected chi connectivity index (χ1v) is 3.91. The highest BCUT2D eigenvalue weighted by molar-refractivity contribution is 5.85. The number of rotatable bonds is 1. The van der Waals surface area contributed by atoms with E-state index in [1.807, 2.05) is 12.4 Å². The second-order valence-corrected chi connectivity index (χ2v) is 2.69. The molecule has 0 bridgehead atoms. The van der Waals surface area contributed by atoms with E-state index in [1.54, 1.807) is 0 Å². The van der Waals surface area contributed by atoms with Gasteiger partial charge in [0.1, 0.15) is 0 Å². The minimum atomic E-state index is 0. The molecule has 0 unspecified atom stereocenters. The molecule has 0 spiro atoms. The van der Waals surface area contributed by atoms with Crippen molar-refractivity contribution in [1.82, 2.24) is 15.5 Å². The van der Waals surface area contributed by atoms with Crippen LogP contribution in [0.25, 0.3) is 0 Å². The van der Waals surface area contributed by atoms with Gasteiger partial charge in [0.25, 0.3) is 0 Å². The zero-order valence-electron chi connectivity index (χ0n) is 6.79. The van der Waals surface area contributed by atoms with Gasteiger partial charge in [-0.1, -0.05) is 0 Å². The molecule has 0 aromatic carbocycles. The van der Waals surface area contributed by atoms with Gasteiger partial charge in [0.2, 0.25) is 0 Å². The summed E-state index contributed by atoms with van der Waals surface area (Å²) in [5.41, 5.74) is 1.20. The van der Waals surface area contributed by atoms with Crippen LogP contribution in [-0.4, -0.2) is 36.4 Å². The minimum absolute atomic E-state index is 0. The van der Waals surface area contributed by atoms with Crippen molar-refractivity contribution in [2.45, 2.75) is 0 Å². The molecule has 1 fully saturated rings. The summed E-state index contributed by atoms with van der Waals surface area (Å²) in [6.45, 7) is 4.31. The van der Waals surface area contributed by atoms with Crippen molar-refractivity contribution in [2.24, 2.45) is 0 Å². The summed E-state index contributed by atoms with van der Waals surface area (Å²) in [6.07, 6.45) is 3.80. The van der Waals surface area contributed by atoms with Crippen molar-refractivity contribution in [3.05, 3.63) is 12.4 Å². The third-order valence-electron chi connectivity index (χ3n) is 1.97. The van der Waals surface area contributed by atoms with E-state index in [0.29, 0.717) is 0 Å². The van der Waals surface area contributed by atoms with Gasteiger partial charge in [-0.2, -0.15) is 5.10 Å². The Labute approximate surface area is 77.7 Å². The van der Waals surface area contributed by atoms with E-state index < -0.39 is 0 Å². The van der Waals surface area contributed by atoms with Crippen molar-refractivity contribution >= 4 is 18.1 Å². The van der Waals surface area contributed by atoms with Crippen LogP contribution < -0.4 is 10.2 Å². The lowest BCUT2D eigenvalue weighted by molar-refractivity contribution is 0.589. The minimum Gasteiger partial charge on any atom is -0.366 e. The molecule has 68 valence electrons. The van der Waals surface area contributed by atoms with Gasteiger partial charge < -0.3 is 10.2 Å². The summed E-state index contributed by atoms with van der Waals surface area (Å²) < 4.78 is 0. The number of halogens is 1. The number of aromatic amines is 1. The van der Waals surface area contributed by atoms with Crippen molar-refractivity contribution in [2.75, 3.05) is 31.1 Å². The van der Waals surface area contributed by atoms with E-state index >= 15 is 0 Å². The molecule has 1 aliphatic heterocycles. The first-order chi connectivity index (χ1) is 5.47. The van der Waals surface area contributed by atoms with Crippen LogP contribution in [-0.2, 0) is 0 Å². The molecule has 0 saturated carbocycles. The Hall–Kier alpha value is -0.740. The molecule has 0 radical (unpaired) electrons. The summed E-state index contributed by atoms with van der Waals surface area (Å²) >= 11 is 0. The third kappa shape index (κ3) is 1.89. The number of hydrogen-bond acceptors (Lipinski definition) is 3. The quantitative estimate of drug-likeness (QED) is 0.664. The third-order valence-corrected chi connectivity index (χ3v) is 1.97. The normalized spacial score (nSPS) is 17.2. The van der Waals surface area contributed by atoms with Crippen molar-refractivity contribution in [3.8, 4) is 0 Å². The second kappa shape index (κ2) is 4.33. The molecule has 0 aliphatic carbocycles. The van der Waals surface area contributed by atoms with Gasteiger partial charge in [-0.25, -0.2) is 0 Å². The lowest BCUT2D eigenvalue weighted by atomic mass is 10.3. The molecule has 4 nitrogen and oxygen atoms in total. The van der Waals surface area contributed by atoms with E-state index in [2.05, 4.69) is 20.4 Å². The standard InChI is InChI=1S/C7H12N4.ClH/c1-3-11(4-2-8-1)7-5-9-10-6-7;/h5-6,8H,1-4H2,(H,9,10);1H. The van der Waals surface area contributed by atoms with E-state index in [9.17, 15) is 0 Å². The van der Waals surface area contributed by atoms with Gasteiger partial charge in [-0.3, -0.25) is 5.10 Å². The van der Waals surface area contributed by atoms with Crippen LogP contribution in [0, 0.1) is 0 Å². The molecule has 1 aromatic heterocycles. The van der Waals surface area contributed by atoms with E-state index in [1.165, 1.54) is 5.69 Å². The highest BCUT2D eigenvalue weighted by Crippen LogP contribution is 2.10. The van der Waals surface area contributed by atoms with E-state index in [-0.39, 0.29) is 12.4 Å². The second-order valence-electron chi connectivity index (χ2n) is 2.69. The highest BCUT2D eigenvalue weighted by atomic mass is 35.5. The molecule has 2 rings (SSSR count). The number of H-pyrrole nitrogens is 1. The van der Waals surface area contributed by atoms with Gasteiger partial charge in [-0.05, 0) is 0 Å². The number of aromatic nitrogens is 2. The van der Waals surface area contributed by atoms with Gasteiger partial charge in [0.05, 0.1) is 11.9 Å². The summed E-state index contributed by atoms with van der Waals surface area (Å²) in [4.78, 5) is 2.32. The first kappa shape index (κ1) is 9.35. The first-order valence-electron chi connectivity index (χ1n) is 3.91. The number of hydrogen-bond donors (Lipinski definition) is 2. The lowest BCUT2D eigenvalue weighted by Crippen LogP contribution is -2.43. The Morgan fingerprint density at radius 3 is 2.67 bits per heavy atom. The maximum absolute atomic E-state index is 3.91. The topological polar surface area (TPSA) is 44.0 Å². The van der Waals surface area contributed by atoms with Gasteiger partial charge in [0, 0.05) is 32.4 Å². The molecular weight excluding hydrogens is 176 g/mol. The fourth-order valence-electron chi connectivity index (χ4n) is 1.34. The molecule has 1 saturated heterocycles. The fourth-order valence-corrected chi connectivity index (χ4v) is 1.34. The van der Waals surface area contributed by atoms with Crippen LogP contribution in [0.5, 0.6) is 0 Å². The maximum atomic E-state index is 3.91. The Bertz CT molecular complexity index is 205. The summed E-state index contributed by atoms with van der Waals surface area (Å²) in [5, 5.41) is 10.0. The van der Waals surface area contributed by atoms with Gasteiger partial charge in [-0.15, -0.1) is 12.4 Å². The van der Waals surface area contributed by atoms with Crippen LogP contribution in [0.3, 0.4) is 0 Å². The number of nitrogens with zero attached hydrogens (tertiary/aromatic N) is 2. The van der Waals surface area contributed by atoms with Gasteiger partial charge in [0.15, 0.2) is 0 Å². The lowest BCUT2D eigenvalue weighted by Gasteiger charge is -2.27. The molecule has 2 N–H and O–H groups in total. The molecule has 0 amide bonds. The molecule has 5 heteroatoms. The predicted molar refractivity (Wildman–Crippen MR) is 50.9 cm³/mol. The Kier molecular flexibility index (Phi) is 3.37. The highest BCUT2D eigenvalue weighted by Gasteiger charge is 2.09. The largest absolute Gasteiger partial charge is 0.366 e. The Morgan fingerprint density at radius 1 is 1.33 bits per heavy atom. The molecular formula is C7H13ClN4. The average Bonchev–Trinajstić information content (AvgIpc) is 2.58. The van der Waals surface area contributed by atoms with Gasteiger partial charge >= 0.3 is 0 Å². The fraction of sp³-hybridized carbons (Fsp3) is 0.571. The van der Waals surface area contributed by atoms with Crippen LogP contribution in [0.2, 0.25) is 0 Å². The predicted octanol–water partition coefficient (Wildman–Crippen LogP) is 0.241. The van der Waals surface area contributed by atoms with Crippen molar-refractivity contribution in [3.63, 3.8) is 0 Å². The van der Waals surface area contributed by atoms with E-state index in [0.717, 1.165) is 26.2 Å². The molecule has 2 heterocycles. The van der Waals surface area contributed by atoms with Crippen LogP contribution in [0.4, 0.5) is 5.69 Å². The molecule has 1 aliphatic rings. The number of piperazine rings is 1. The number of anilines is 1. The van der Waals surface area contributed by atoms with Crippen LogP contribution in [0.15, 0.2) is 12.4 Å². The molecule has 0 atom stereocenters. The van der Waals surface area contributed by atoms with Crippen molar-refractivity contribution < 1.29 is 0 Å². The SMILES string of the molecule is Cl.c1n[nH]cc1N1CCNCC1. The molecule has 12 heavy (non-hydrogen) atoms. The molecule has 1 aromatic rings. The zero-order valence-corrected chi connectivity index (χ0v) is 7.60. The van der Waals surface area contributed by atoms with E-state index in [4.69, 9.17) is 0 Å². The average molecular weight is 189 g/mol. The number of nitrogens with one attached hydrogen (secondary N) is 2. The van der Waals surface area contributed by atoms with Crippen LogP contribution >= 0.6 is 12.4 Å². The monoisotopic (exact) mass is 188 g/mol.